The van der Waals surface area contributed by atoms with Gasteiger partial charge in [0.2, 0.25) is 5.91 Å². The molecule has 0 aromatic heterocycles. The summed E-state index contributed by atoms with van der Waals surface area (Å²) < 4.78 is 11.5. The van der Waals surface area contributed by atoms with Gasteiger partial charge in [0.05, 0.1) is 5.69 Å². The van der Waals surface area contributed by atoms with E-state index in [2.05, 4.69) is 10.6 Å². The van der Waals surface area contributed by atoms with Gasteiger partial charge in [-0.15, -0.1) is 0 Å². The molecule has 1 heterocycles. The van der Waals surface area contributed by atoms with E-state index in [0.717, 1.165) is 43.8 Å². The minimum atomic E-state index is 0.119. The zero-order valence-corrected chi connectivity index (χ0v) is 15.4. The van der Waals surface area contributed by atoms with Gasteiger partial charge in [-0.05, 0) is 62.0 Å². The number of amides is 1. The highest BCUT2D eigenvalue weighted by Crippen LogP contribution is 2.58. The number of benzene rings is 2. The fourth-order valence-electron chi connectivity index (χ4n) is 3.94. The van der Waals surface area contributed by atoms with Crippen LogP contribution in [-0.4, -0.2) is 32.2 Å². The monoisotopic (exact) mass is 366 g/mol. The molecule has 2 aliphatic rings. The lowest BCUT2D eigenvalue weighted by Gasteiger charge is -2.23. The van der Waals surface area contributed by atoms with Crippen LogP contribution in [0.15, 0.2) is 54.6 Å². The molecule has 1 aliphatic carbocycles. The van der Waals surface area contributed by atoms with Gasteiger partial charge in [0.1, 0.15) is 24.7 Å². The molecule has 27 heavy (non-hydrogen) atoms. The van der Waals surface area contributed by atoms with Crippen molar-refractivity contribution in [1.29, 1.82) is 0 Å². The molecule has 0 radical (unpaired) electrons. The molecule has 2 aromatic rings. The van der Waals surface area contributed by atoms with Crippen molar-refractivity contribution in [2.45, 2.75) is 19.3 Å². The molecule has 0 bridgehead atoms. The SMILES string of the molecule is O=C(Nc1ccccc1OCCOc1ccccc1)C1CC12CCNCC2. The number of hydrogen-bond donors (Lipinski definition) is 2. The Labute approximate surface area is 160 Å². The second-order valence-corrected chi connectivity index (χ2v) is 7.36. The molecule has 1 atom stereocenters. The number of para-hydroxylation sites is 3. The fraction of sp³-hybridized carbons (Fsp3) is 0.409. The minimum Gasteiger partial charge on any atom is -0.490 e. The van der Waals surface area contributed by atoms with Crippen molar-refractivity contribution >= 4 is 11.6 Å². The summed E-state index contributed by atoms with van der Waals surface area (Å²) in [6, 6.07) is 17.3. The van der Waals surface area contributed by atoms with E-state index in [9.17, 15) is 4.79 Å². The number of hydrogen-bond acceptors (Lipinski definition) is 4. The first-order valence-electron chi connectivity index (χ1n) is 9.68. The molecule has 1 amide bonds. The summed E-state index contributed by atoms with van der Waals surface area (Å²) in [7, 11) is 0. The van der Waals surface area contributed by atoms with E-state index in [0.29, 0.717) is 19.0 Å². The maximum absolute atomic E-state index is 12.7. The van der Waals surface area contributed by atoms with Crippen LogP contribution in [0.5, 0.6) is 11.5 Å². The highest BCUT2D eigenvalue weighted by Gasteiger charge is 2.57. The van der Waals surface area contributed by atoms with Gasteiger partial charge >= 0.3 is 0 Å². The number of carbonyl (C=O) groups excluding carboxylic acids is 1. The van der Waals surface area contributed by atoms with Crippen molar-refractivity contribution in [3.05, 3.63) is 54.6 Å². The topological polar surface area (TPSA) is 59.6 Å². The molecule has 1 saturated carbocycles. The highest BCUT2D eigenvalue weighted by molar-refractivity contribution is 5.96. The van der Waals surface area contributed by atoms with Crippen molar-refractivity contribution in [3.63, 3.8) is 0 Å². The van der Waals surface area contributed by atoms with Crippen molar-refractivity contribution in [3.8, 4) is 11.5 Å². The van der Waals surface area contributed by atoms with Gasteiger partial charge in [-0.1, -0.05) is 30.3 Å². The first-order valence-corrected chi connectivity index (χ1v) is 9.68. The number of piperidine rings is 1. The average Bonchev–Trinajstić information content (AvgIpc) is 3.40. The second kappa shape index (κ2) is 8.01. The third-order valence-corrected chi connectivity index (χ3v) is 5.60. The molecule has 4 rings (SSSR count). The number of ether oxygens (including phenoxy) is 2. The highest BCUT2D eigenvalue weighted by atomic mass is 16.5. The van der Waals surface area contributed by atoms with Gasteiger partial charge in [-0.2, -0.15) is 0 Å². The lowest BCUT2D eigenvalue weighted by Crippen LogP contribution is -2.31. The van der Waals surface area contributed by atoms with Gasteiger partial charge in [-0.3, -0.25) is 4.79 Å². The molecule has 1 aliphatic heterocycles. The van der Waals surface area contributed by atoms with Crippen LogP contribution in [0.25, 0.3) is 0 Å². The Morgan fingerprint density at radius 1 is 1.00 bits per heavy atom. The molecule has 1 spiro atoms. The summed E-state index contributed by atoms with van der Waals surface area (Å²) in [5.41, 5.74) is 0.965. The Kier molecular flexibility index (Phi) is 5.30. The van der Waals surface area contributed by atoms with Crippen LogP contribution in [0.4, 0.5) is 5.69 Å². The van der Waals surface area contributed by atoms with Crippen molar-refractivity contribution in [1.82, 2.24) is 5.32 Å². The largest absolute Gasteiger partial charge is 0.490 e. The van der Waals surface area contributed by atoms with Crippen LogP contribution in [-0.2, 0) is 4.79 Å². The average molecular weight is 366 g/mol. The predicted octanol–water partition coefficient (Wildman–Crippen LogP) is 3.47. The number of carbonyl (C=O) groups is 1. The van der Waals surface area contributed by atoms with Crippen molar-refractivity contribution < 1.29 is 14.3 Å². The van der Waals surface area contributed by atoms with Gasteiger partial charge in [0, 0.05) is 5.92 Å². The first kappa shape index (κ1) is 17.9. The summed E-state index contributed by atoms with van der Waals surface area (Å²) in [5.74, 6) is 1.76. The van der Waals surface area contributed by atoms with E-state index in [1.165, 1.54) is 0 Å². The standard InChI is InChI=1S/C22H26N2O3/c25-21(18-16-22(18)10-12-23-13-11-22)24-19-8-4-5-9-20(19)27-15-14-26-17-6-2-1-3-7-17/h1-9,18,23H,10-16H2,(H,24,25). The molecular weight excluding hydrogens is 340 g/mol. The van der Waals surface area contributed by atoms with Crippen LogP contribution >= 0.6 is 0 Å². The summed E-state index contributed by atoms with van der Waals surface area (Å²) in [6.07, 6.45) is 3.20. The molecule has 142 valence electrons. The summed E-state index contributed by atoms with van der Waals surface area (Å²) in [5, 5.41) is 6.45. The van der Waals surface area contributed by atoms with E-state index < -0.39 is 0 Å². The van der Waals surface area contributed by atoms with E-state index in [4.69, 9.17) is 9.47 Å². The maximum Gasteiger partial charge on any atom is 0.228 e. The minimum absolute atomic E-state index is 0.119. The fourth-order valence-corrected chi connectivity index (χ4v) is 3.94. The Hall–Kier alpha value is -2.53. The Bertz CT molecular complexity index is 772. The lowest BCUT2D eigenvalue weighted by molar-refractivity contribution is -0.118. The maximum atomic E-state index is 12.7. The molecule has 5 heteroatoms. The van der Waals surface area contributed by atoms with E-state index in [-0.39, 0.29) is 17.2 Å². The quantitative estimate of drug-likeness (QED) is 0.737. The summed E-state index contributed by atoms with van der Waals surface area (Å²) in [4.78, 5) is 12.7. The zero-order chi connectivity index (χ0) is 18.5. The van der Waals surface area contributed by atoms with Gasteiger partial charge < -0.3 is 20.1 Å². The van der Waals surface area contributed by atoms with Crippen LogP contribution in [0.1, 0.15) is 19.3 Å². The van der Waals surface area contributed by atoms with Crippen molar-refractivity contribution in [2.75, 3.05) is 31.6 Å². The molecule has 2 aromatic carbocycles. The first-order chi connectivity index (χ1) is 13.3. The van der Waals surface area contributed by atoms with Crippen LogP contribution in [0.3, 0.4) is 0 Å². The zero-order valence-electron chi connectivity index (χ0n) is 15.4. The predicted molar refractivity (Wildman–Crippen MR) is 105 cm³/mol. The normalized spacial score (nSPS) is 20.1. The van der Waals surface area contributed by atoms with Crippen LogP contribution in [0.2, 0.25) is 0 Å². The van der Waals surface area contributed by atoms with E-state index in [1.54, 1.807) is 0 Å². The van der Waals surface area contributed by atoms with Crippen LogP contribution < -0.4 is 20.1 Å². The van der Waals surface area contributed by atoms with Crippen LogP contribution in [0, 0.1) is 11.3 Å². The third kappa shape index (κ3) is 4.25. The molecule has 2 fully saturated rings. The Balaban J connectivity index is 1.29. The Morgan fingerprint density at radius 2 is 1.70 bits per heavy atom. The summed E-state index contributed by atoms with van der Waals surface area (Å²) in [6.45, 7) is 2.90. The van der Waals surface area contributed by atoms with E-state index >= 15 is 0 Å². The number of anilines is 1. The van der Waals surface area contributed by atoms with Gasteiger partial charge in [0.15, 0.2) is 0 Å². The number of nitrogens with one attached hydrogen (secondary N) is 2. The van der Waals surface area contributed by atoms with Crippen molar-refractivity contribution in [2.24, 2.45) is 11.3 Å². The molecule has 2 N–H and O–H groups in total. The van der Waals surface area contributed by atoms with E-state index in [1.807, 2.05) is 54.6 Å². The third-order valence-electron chi connectivity index (χ3n) is 5.60. The molecular formula is C22H26N2O3. The molecule has 1 unspecified atom stereocenters. The molecule has 5 nitrogen and oxygen atoms in total. The summed E-state index contributed by atoms with van der Waals surface area (Å²) >= 11 is 0. The van der Waals surface area contributed by atoms with Gasteiger partial charge in [-0.25, -0.2) is 0 Å². The van der Waals surface area contributed by atoms with Gasteiger partial charge in [0.25, 0.3) is 0 Å². The Morgan fingerprint density at radius 3 is 2.52 bits per heavy atom. The lowest BCUT2D eigenvalue weighted by atomic mass is 9.92. The second-order valence-electron chi connectivity index (χ2n) is 7.36. The number of rotatable bonds is 7. The smallest absolute Gasteiger partial charge is 0.228 e. The molecule has 1 saturated heterocycles.